The number of nitrogens with zero attached hydrogens (tertiary/aromatic N) is 3. The van der Waals surface area contributed by atoms with Crippen LogP contribution in [0.1, 0.15) is 35.0 Å². The number of rotatable bonds is 5. The number of piperidine rings is 1. The van der Waals surface area contributed by atoms with E-state index in [0.29, 0.717) is 5.92 Å². The van der Waals surface area contributed by atoms with Crippen LogP contribution in [-0.4, -0.2) is 33.3 Å². The van der Waals surface area contributed by atoms with Crippen LogP contribution in [0.4, 0.5) is 0 Å². The summed E-state index contributed by atoms with van der Waals surface area (Å²) in [5, 5.41) is 2.16. The Balaban J connectivity index is 1.40. The first kappa shape index (κ1) is 12.9. The third-order valence-electron chi connectivity index (χ3n) is 4.69. The first-order chi connectivity index (χ1) is 9.90. The summed E-state index contributed by atoms with van der Waals surface area (Å²) in [7, 11) is 0. The monoisotopic (exact) mass is 305 g/mol. The lowest BCUT2D eigenvalue weighted by Gasteiger charge is -2.20. The first-order valence-electron chi connectivity index (χ1n) is 7.46. The van der Waals surface area contributed by atoms with Gasteiger partial charge in [0.05, 0.1) is 23.1 Å². The molecule has 2 saturated heterocycles. The molecule has 2 aromatic heterocycles. The molecule has 2 aromatic rings. The fourth-order valence-corrected chi connectivity index (χ4v) is 5.05. The van der Waals surface area contributed by atoms with Crippen LogP contribution < -0.4 is 0 Å². The lowest BCUT2D eigenvalue weighted by molar-refractivity contribution is 0.343. The highest BCUT2D eigenvalue weighted by Gasteiger charge is 2.40. The maximum atomic E-state index is 4.64. The highest BCUT2D eigenvalue weighted by atomic mass is 32.1. The van der Waals surface area contributed by atoms with E-state index in [0.717, 1.165) is 12.3 Å². The van der Waals surface area contributed by atoms with Crippen LogP contribution in [0.5, 0.6) is 0 Å². The van der Waals surface area contributed by atoms with Crippen molar-refractivity contribution in [2.75, 3.05) is 19.6 Å². The van der Waals surface area contributed by atoms with E-state index in [9.17, 15) is 0 Å². The molecule has 3 atom stereocenters. The average molecular weight is 305 g/mol. The van der Waals surface area contributed by atoms with Crippen molar-refractivity contribution >= 4 is 23.1 Å². The molecule has 0 radical (unpaired) electrons. The summed E-state index contributed by atoms with van der Waals surface area (Å²) in [4.78, 5) is 4.07. The van der Waals surface area contributed by atoms with E-state index >= 15 is 0 Å². The van der Waals surface area contributed by atoms with Gasteiger partial charge in [-0.3, -0.25) is 0 Å². The molecule has 4 heterocycles. The topological polar surface area (TPSA) is 29.0 Å². The van der Waals surface area contributed by atoms with Crippen molar-refractivity contribution < 1.29 is 0 Å². The van der Waals surface area contributed by atoms with Crippen LogP contribution in [0.3, 0.4) is 0 Å². The SMILES string of the molecule is c1csc(CCCc2nsnc2C2CN3CCC2C3)c1. The molecule has 2 fully saturated rings. The molecule has 0 spiro atoms. The minimum Gasteiger partial charge on any atom is -0.302 e. The van der Waals surface area contributed by atoms with Crippen LogP contribution in [0.25, 0.3) is 0 Å². The van der Waals surface area contributed by atoms with E-state index in [1.165, 1.54) is 66.9 Å². The third kappa shape index (κ3) is 2.43. The summed E-state index contributed by atoms with van der Waals surface area (Å²) in [5.74, 6) is 1.51. The molecular formula is C15H19N3S2. The highest BCUT2D eigenvalue weighted by molar-refractivity contribution is 7.09. The number of aromatic nitrogens is 2. The quantitative estimate of drug-likeness (QED) is 0.849. The molecule has 0 aliphatic carbocycles. The zero-order valence-electron chi connectivity index (χ0n) is 11.5. The first-order valence-corrected chi connectivity index (χ1v) is 9.07. The molecule has 106 valence electrons. The number of aryl methyl sites for hydroxylation is 2. The van der Waals surface area contributed by atoms with E-state index < -0.39 is 0 Å². The Hall–Kier alpha value is -0.780. The smallest absolute Gasteiger partial charge is 0.0821 e. The van der Waals surface area contributed by atoms with Gasteiger partial charge >= 0.3 is 0 Å². The summed E-state index contributed by atoms with van der Waals surface area (Å²) in [6, 6.07) is 4.37. The van der Waals surface area contributed by atoms with E-state index in [-0.39, 0.29) is 0 Å². The van der Waals surface area contributed by atoms with Gasteiger partial charge in [-0.15, -0.1) is 11.3 Å². The van der Waals surface area contributed by atoms with E-state index in [1.54, 1.807) is 0 Å². The normalized spacial score (nSPS) is 28.3. The maximum absolute atomic E-state index is 4.64. The predicted octanol–water partition coefficient (Wildman–Crippen LogP) is 3.19. The van der Waals surface area contributed by atoms with Gasteiger partial charge in [0.25, 0.3) is 0 Å². The second-order valence-electron chi connectivity index (χ2n) is 5.94. The Morgan fingerprint density at radius 1 is 1.25 bits per heavy atom. The molecule has 0 N–H and O–H groups in total. The fourth-order valence-electron chi connectivity index (χ4n) is 3.65. The number of hydrogen-bond donors (Lipinski definition) is 0. The minimum absolute atomic E-state index is 0.666. The standard InChI is InChI=1S/C15H19N3S2/c1(3-12-4-2-8-19-12)5-14-15(17-20-16-14)13-10-18-7-6-11(13)9-18/h2,4,8,11,13H,1,3,5-7,9-10H2. The molecule has 3 nitrogen and oxygen atoms in total. The van der Waals surface area contributed by atoms with Gasteiger partial charge in [0, 0.05) is 23.9 Å². The lowest BCUT2D eigenvalue weighted by Crippen LogP contribution is -2.23. The second-order valence-corrected chi connectivity index (χ2v) is 7.50. The summed E-state index contributed by atoms with van der Waals surface area (Å²) in [6.07, 6.45) is 4.82. The molecule has 0 saturated carbocycles. The van der Waals surface area contributed by atoms with Gasteiger partial charge in [-0.25, -0.2) is 0 Å². The molecule has 4 rings (SSSR count). The van der Waals surface area contributed by atoms with Crippen LogP contribution in [0.15, 0.2) is 17.5 Å². The van der Waals surface area contributed by atoms with Crippen molar-refractivity contribution in [3.63, 3.8) is 0 Å². The third-order valence-corrected chi connectivity index (χ3v) is 6.20. The Bertz CT molecular complexity index is 563. The molecular weight excluding hydrogens is 286 g/mol. The second kappa shape index (κ2) is 5.54. The molecule has 2 aliphatic heterocycles. The van der Waals surface area contributed by atoms with Gasteiger partial charge in [-0.05, 0) is 49.6 Å². The van der Waals surface area contributed by atoms with E-state index in [2.05, 4.69) is 31.2 Å². The van der Waals surface area contributed by atoms with Gasteiger partial charge in [0.15, 0.2) is 0 Å². The molecule has 0 amide bonds. The Morgan fingerprint density at radius 3 is 3.00 bits per heavy atom. The summed E-state index contributed by atoms with van der Waals surface area (Å²) in [5.41, 5.74) is 2.61. The summed E-state index contributed by atoms with van der Waals surface area (Å²) < 4.78 is 9.22. The van der Waals surface area contributed by atoms with Crippen molar-refractivity contribution in [2.24, 2.45) is 5.92 Å². The average Bonchev–Trinajstić information content (AvgIpc) is 3.24. The Labute approximate surface area is 128 Å². The van der Waals surface area contributed by atoms with E-state index in [1.807, 2.05) is 11.3 Å². The number of hydrogen-bond acceptors (Lipinski definition) is 5. The van der Waals surface area contributed by atoms with Crippen molar-refractivity contribution in [2.45, 2.75) is 31.6 Å². The summed E-state index contributed by atoms with van der Waals surface area (Å²) >= 11 is 3.27. The van der Waals surface area contributed by atoms with Crippen molar-refractivity contribution in [3.05, 3.63) is 33.8 Å². The zero-order chi connectivity index (χ0) is 13.4. The molecule has 3 unspecified atom stereocenters. The highest BCUT2D eigenvalue weighted by Crippen LogP contribution is 2.40. The largest absolute Gasteiger partial charge is 0.302 e. The molecule has 5 heteroatoms. The minimum atomic E-state index is 0.666. The van der Waals surface area contributed by atoms with Crippen LogP contribution in [-0.2, 0) is 12.8 Å². The van der Waals surface area contributed by atoms with Gasteiger partial charge in [-0.2, -0.15) is 8.75 Å². The van der Waals surface area contributed by atoms with Crippen molar-refractivity contribution in [1.29, 1.82) is 0 Å². The Morgan fingerprint density at radius 2 is 2.25 bits per heavy atom. The molecule has 20 heavy (non-hydrogen) atoms. The fraction of sp³-hybridized carbons (Fsp3) is 0.600. The zero-order valence-corrected chi connectivity index (χ0v) is 13.1. The van der Waals surface area contributed by atoms with Gasteiger partial charge < -0.3 is 4.90 Å². The molecule has 2 aliphatic rings. The summed E-state index contributed by atoms with van der Waals surface area (Å²) in [6.45, 7) is 3.80. The predicted molar refractivity (Wildman–Crippen MR) is 83.5 cm³/mol. The molecule has 2 bridgehead atoms. The molecule has 0 aromatic carbocycles. The van der Waals surface area contributed by atoms with Crippen LogP contribution >= 0.6 is 23.1 Å². The van der Waals surface area contributed by atoms with Crippen LogP contribution in [0, 0.1) is 5.92 Å². The van der Waals surface area contributed by atoms with E-state index in [4.69, 9.17) is 0 Å². The van der Waals surface area contributed by atoms with Gasteiger partial charge in [-0.1, -0.05) is 6.07 Å². The number of thiophene rings is 1. The van der Waals surface area contributed by atoms with Crippen LogP contribution in [0.2, 0.25) is 0 Å². The number of fused-ring (bicyclic) bond motifs is 2. The van der Waals surface area contributed by atoms with Crippen molar-refractivity contribution in [1.82, 2.24) is 13.6 Å². The van der Waals surface area contributed by atoms with Gasteiger partial charge in [0.1, 0.15) is 0 Å². The van der Waals surface area contributed by atoms with Gasteiger partial charge in [0.2, 0.25) is 0 Å². The maximum Gasteiger partial charge on any atom is 0.0821 e. The Kier molecular flexibility index (Phi) is 3.58. The lowest BCUT2D eigenvalue weighted by atomic mass is 9.88. The van der Waals surface area contributed by atoms with Crippen molar-refractivity contribution in [3.8, 4) is 0 Å².